The van der Waals surface area contributed by atoms with Crippen molar-refractivity contribution in [3.63, 3.8) is 0 Å². The molecule has 2 aliphatic heterocycles. The van der Waals surface area contributed by atoms with E-state index in [1.807, 2.05) is 0 Å². The van der Waals surface area contributed by atoms with Gasteiger partial charge >= 0.3 is 6.18 Å². The second kappa shape index (κ2) is 6.78. The number of hydrogen-bond donors (Lipinski definition) is 1. The molecular weight excluding hydrogens is 372 g/mol. The van der Waals surface area contributed by atoms with Crippen molar-refractivity contribution < 1.29 is 26.0 Å². The number of nitrogens with one attached hydrogen (secondary N) is 1. The average molecular weight is 389 g/mol. The molecule has 1 aromatic rings. The van der Waals surface area contributed by atoms with Crippen molar-refractivity contribution in [3.05, 3.63) is 29.6 Å². The molecule has 2 unspecified atom stereocenters. The Labute approximate surface area is 143 Å². The molecule has 2 aliphatic rings. The monoisotopic (exact) mass is 388 g/mol. The fourth-order valence-corrected chi connectivity index (χ4v) is 5.49. The molecule has 24 heavy (non-hydrogen) atoms. The Balaban J connectivity index is 0.00000208. The molecule has 2 heterocycles. The molecule has 1 N–H and O–H groups in total. The largest absolute Gasteiger partial charge is 0.417 e. The fraction of sp³-hybridized carbons (Fsp3) is 0.571. The van der Waals surface area contributed by atoms with Crippen molar-refractivity contribution in [1.82, 2.24) is 9.62 Å². The first-order valence-corrected chi connectivity index (χ1v) is 8.76. The summed E-state index contributed by atoms with van der Waals surface area (Å²) in [6.45, 7) is 1.04. The van der Waals surface area contributed by atoms with Crippen molar-refractivity contribution in [1.29, 1.82) is 0 Å². The lowest BCUT2D eigenvalue weighted by Gasteiger charge is -2.28. The summed E-state index contributed by atoms with van der Waals surface area (Å²) in [5.74, 6) is -1.11. The van der Waals surface area contributed by atoms with Crippen LogP contribution >= 0.6 is 12.4 Å². The number of alkyl halides is 3. The molecule has 2 atom stereocenters. The second-order valence-electron chi connectivity index (χ2n) is 5.85. The van der Waals surface area contributed by atoms with E-state index < -0.39 is 32.5 Å². The van der Waals surface area contributed by atoms with E-state index in [2.05, 4.69) is 5.32 Å². The van der Waals surface area contributed by atoms with Crippen LogP contribution in [0.2, 0.25) is 0 Å². The molecule has 0 aliphatic carbocycles. The van der Waals surface area contributed by atoms with Crippen LogP contribution in [0.4, 0.5) is 17.6 Å². The van der Waals surface area contributed by atoms with Crippen LogP contribution in [0.15, 0.2) is 23.1 Å². The van der Waals surface area contributed by atoms with Gasteiger partial charge in [-0.05, 0) is 44.0 Å². The maximum Gasteiger partial charge on any atom is 0.417 e. The molecule has 136 valence electrons. The number of rotatable bonds is 2. The van der Waals surface area contributed by atoms with Crippen LogP contribution in [0.25, 0.3) is 0 Å². The van der Waals surface area contributed by atoms with Gasteiger partial charge in [0.2, 0.25) is 10.0 Å². The summed E-state index contributed by atoms with van der Waals surface area (Å²) in [6, 6.07) is 1.03. The highest BCUT2D eigenvalue weighted by molar-refractivity contribution is 7.89. The number of sulfonamides is 1. The van der Waals surface area contributed by atoms with E-state index in [1.54, 1.807) is 0 Å². The Morgan fingerprint density at radius 1 is 1.12 bits per heavy atom. The highest BCUT2D eigenvalue weighted by atomic mass is 35.5. The number of fused-ring (bicyclic) bond motifs is 2. The zero-order valence-electron chi connectivity index (χ0n) is 12.5. The Bertz CT molecular complexity index is 697. The number of halogens is 5. The highest BCUT2D eigenvalue weighted by Crippen LogP contribution is 2.39. The van der Waals surface area contributed by atoms with Gasteiger partial charge in [-0.25, -0.2) is 12.8 Å². The van der Waals surface area contributed by atoms with E-state index in [0.717, 1.165) is 6.07 Å². The predicted molar refractivity (Wildman–Crippen MR) is 82.0 cm³/mol. The van der Waals surface area contributed by atoms with E-state index in [4.69, 9.17) is 0 Å². The second-order valence-corrected chi connectivity index (χ2v) is 7.66. The maximum atomic E-state index is 13.2. The smallest absolute Gasteiger partial charge is 0.315 e. The van der Waals surface area contributed by atoms with Crippen LogP contribution in [-0.4, -0.2) is 37.9 Å². The van der Waals surface area contributed by atoms with Gasteiger partial charge < -0.3 is 5.32 Å². The Hall–Kier alpha value is -0.900. The minimum Gasteiger partial charge on any atom is -0.315 e. The van der Waals surface area contributed by atoms with E-state index in [-0.39, 0.29) is 30.6 Å². The highest BCUT2D eigenvalue weighted by Gasteiger charge is 2.46. The molecule has 4 nitrogen and oxygen atoms in total. The van der Waals surface area contributed by atoms with Crippen molar-refractivity contribution in [2.24, 2.45) is 0 Å². The van der Waals surface area contributed by atoms with Gasteiger partial charge in [-0.1, -0.05) is 0 Å². The number of nitrogens with zero attached hydrogens (tertiary/aromatic N) is 1. The minimum absolute atomic E-state index is 0. The first-order valence-electron chi connectivity index (χ1n) is 7.32. The molecule has 0 spiro atoms. The van der Waals surface area contributed by atoms with Gasteiger partial charge in [0, 0.05) is 18.6 Å². The summed E-state index contributed by atoms with van der Waals surface area (Å²) in [5, 5.41) is 3.10. The standard InChI is InChI=1S/C14H16F4N2O2S.ClH/c15-9-1-4-13(12(7-9)14(16,17)18)23(21,22)20-10-2-3-11(20)8-19-6-5-10;/h1,4,7,10-11,19H,2-3,5-6,8H2;1H. The molecule has 1 aromatic carbocycles. The Kier molecular flexibility index (Phi) is 5.49. The Morgan fingerprint density at radius 2 is 1.79 bits per heavy atom. The van der Waals surface area contributed by atoms with Crippen molar-refractivity contribution in [3.8, 4) is 0 Å². The molecule has 2 fully saturated rings. The van der Waals surface area contributed by atoms with Crippen LogP contribution in [0, 0.1) is 5.82 Å². The summed E-state index contributed by atoms with van der Waals surface area (Å²) in [5.41, 5.74) is -1.45. The van der Waals surface area contributed by atoms with E-state index in [9.17, 15) is 26.0 Å². The lowest BCUT2D eigenvalue weighted by Crippen LogP contribution is -2.43. The van der Waals surface area contributed by atoms with Crippen LogP contribution < -0.4 is 5.32 Å². The van der Waals surface area contributed by atoms with E-state index >= 15 is 0 Å². The normalized spacial score (nSPS) is 25.2. The minimum atomic E-state index is -4.94. The Morgan fingerprint density at radius 3 is 2.46 bits per heavy atom. The van der Waals surface area contributed by atoms with Gasteiger partial charge in [0.1, 0.15) is 5.82 Å². The van der Waals surface area contributed by atoms with E-state index in [0.29, 0.717) is 38.4 Å². The van der Waals surface area contributed by atoms with Gasteiger partial charge in [-0.3, -0.25) is 0 Å². The quantitative estimate of drug-likeness (QED) is 0.793. The van der Waals surface area contributed by atoms with Gasteiger partial charge in [0.05, 0.1) is 10.5 Å². The molecule has 3 rings (SSSR count). The molecule has 0 amide bonds. The summed E-state index contributed by atoms with van der Waals surface area (Å²) in [6.07, 6.45) is -3.14. The third kappa shape index (κ3) is 3.40. The van der Waals surface area contributed by atoms with Crippen LogP contribution in [0.1, 0.15) is 24.8 Å². The molecule has 2 bridgehead atoms. The van der Waals surface area contributed by atoms with Gasteiger partial charge in [0.15, 0.2) is 0 Å². The number of hydrogen-bond acceptors (Lipinski definition) is 3. The van der Waals surface area contributed by atoms with Gasteiger partial charge in [-0.2, -0.15) is 17.5 Å². The lowest BCUT2D eigenvalue weighted by atomic mass is 10.1. The zero-order chi connectivity index (χ0) is 16.8. The third-order valence-corrected chi connectivity index (χ3v) is 6.45. The summed E-state index contributed by atoms with van der Waals surface area (Å²) < 4.78 is 79.6. The van der Waals surface area contributed by atoms with Crippen molar-refractivity contribution >= 4 is 22.4 Å². The zero-order valence-corrected chi connectivity index (χ0v) is 14.1. The van der Waals surface area contributed by atoms with Crippen molar-refractivity contribution in [2.45, 2.75) is 42.4 Å². The lowest BCUT2D eigenvalue weighted by molar-refractivity contribution is -0.140. The van der Waals surface area contributed by atoms with Gasteiger partial charge in [0.25, 0.3) is 0 Å². The van der Waals surface area contributed by atoms with Gasteiger partial charge in [-0.15, -0.1) is 12.4 Å². The predicted octanol–water partition coefficient (Wildman–Crippen LogP) is 2.78. The van der Waals surface area contributed by atoms with Crippen molar-refractivity contribution in [2.75, 3.05) is 13.1 Å². The molecule has 10 heteroatoms. The SMILES string of the molecule is Cl.O=S(=O)(c1ccc(F)cc1C(F)(F)F)N1C2CCNCC1CC2. The van der Waals surface area contributed by atoms with Crippen LogP contribution in [0.3, 0.4) is 0 Å². The third-order valence-electron chi connectivity index (χ3n) is 4.39. The van der Waals surface area contributed by atoms with E-state index in [1.165, 1.54) is 4.31 Å². The number of benzene rings is 1. The summed E-state index contributed by atoms with van der Waals surface area (Å²) in [7, 11) is -4.35. The van der Waals surface area contributed by atoms with Crippen LogP contribution in [-0.2, 0) is 16.2 Å². The first kappa shape index (κ1) is 19.4. The maximum absolute atomic E-state index is 13.2. The van der Waals surface area contributed by atoms with Crippen LogP contribution in [0.5, 0.6) is 0 Å². The fourth-order valence-electron chi connectivity index (χ4n) is 3.39. The molecule has 0 aromatic heterocycles. The summed E-state index contributed by atoms with van der Waals surface area (Å²) >= 11 is 0. The molecular formula is C14H17ClF4N2O2S. The molecule has 0 radical (unpaired) electrons. The average Bonchev–Trinajstić information content (AvgIpc) is 2.71. The summed E-state index contributed by atoms with van der Waals surface area (Å²) in [4.78, 5) is -0.870. The topological polar surface area (TPSA) is 49.4 Å². The molecule has 2 saturated heterocycles. The first-order chi connectivity index (χ1) is 10.7. The molecule has 0 saturated carbocycles.